The van der Waals surface area contributed by atoms with E-state index in [1.807, 2.05) is 11.0 Å². The van der Waals surface area contributed by atoms with Crippen LogP contribution < -0.4 is 5.32 Å². The highest BCUT2D eigenvalue weighted by atomic mass is 35.5. The molecule has 1 amide bonds. The Kier molecular flexibility index (Phi) is 2.75. The lowest BCUT2D eigenvalue weighted by molar-refractivity contribution is 0.0752. The minimum absolute atomic E-state index is 0.00766. The van der Waals surface area contributed by atoms with Crippen LogP contribution in [0.1, 0.15) is 10.6 Å². The molecule has 5 heteroatoms. The Labute approximate surface area is 121 Å². The van der Waals surface area contributed by atoms with E-state index in [1.165, 1.54) is 0 Å². The van der Waals surface area contributed by atoms with Gasteiger partial charge in [-0.1, -0.05) is 11.6 Å². The van der Waals surface area contributed by atoms with Crippen LogP contribution in [-0.4, -0.2) is 37.0 Å². The summed E-state index contributed by atoms with van der Waals surface area (Å²) in [6.45, 7) is 3.69. The molecule has 1 aromatic heterocycles. The molecule has 1 N–H and O–H groups in total. The predicted octanol–water partition coefficient (Wildman–Crippen LogP) is 2.38. The number of furan rings is 1. The molecule has 20 heavy (non-hydrogen) atoms. The molecule has 104 valence electrons. The Balaban J connectivity index is 1.61. The van der Waals surface area contributed by atoms with Crippen molar-refractivity contribution < 1.29 is 9.21 Å². The van der Waals surface area contributed by atoms with Crippen molar-refractivity contribution in [3.63, 3.8) is 0 Å². The number of hydrogen-bond acceptors (Lipinski definition) is 3. The molecule has 0 bridgehead atoms. The summed E-state index contributed by atoms with van der Waals surface area (Å²) in [5.41, 5.74) is 0.707. The molecule has 4 nitrogen and oxygen atoms in total. The average molecular weight is 291 g/mol. The van der Waals surface area contributed by atoms with E-state index in [4.69, 9.17) is 16.0 Å². The van der Waals surface area contributed by atoms with Crippen molar-refractivity contribution in [2.75, 3.05) is 26.2 Å². The smallest absolute Gasteiger partial charge is 0.289 e. The zero-order valence-electron chi connectivity index (χ0n) is 10.9. The molecule has 2 aromatic rings. The highest BCUT2D eigenvalue weighted by molar-refractivity contribution is 6.31. The van der Waals surface area contributed by atoms with Gasteiger partial charge in [0, 0.05) is 36.6 Å². The quantitative estimate of drug-likeness (QED) is 0.877. The van der Waals surface area contributed by atoms with Crippen LogP contribution in [0.25, 0.3) is 11.0 Å². The van der Waals surface area contributed by atoms with Crippen LogP contribution >= 0.6 is 11.6 Å². The van der Waals surface area contributed by atoms with E-state index in [2.05, 4.69) is 5.32 Å². The average Bonchev–Trinajstić information content (AvgIpc) is 3.10. The second-order valence-corrected chi connectivity index (χ2v) is 6.12. The molecule has 0 spiro atoms. The lowest BCUT2D eigenvalue weighted by Crippen LogP contribution is -2.31. The molecule has 0 aliphatic carbocycles. The number of nitrogens with zero attached hydrogens (tertiary/aromatic N) is 1. The summed E-state index contributed by atoms with van der Waals surface area (Å²) in [5, 5.41) is 4.90. The van der Waals surface area contributed by atoms with Crippen molar-refractivity contribution in [2.45, 2.75) is 0 Å². The molecular weight excluding hydrogens is 276 g/mol. The van der Waals surface area contributed by atoms with Crippen LogP contribution in [-0.2, 0) is 0 Å². The van der Waals surface area contributed by atoms with E-state index in [0.29, 0.717) is 28.2 Å². The predicted molar refractivity (Wildman–Crippen MR) is 77.0 cm³/mol. The molecule has 4 rings (SSSR count). The summed E-state index contributed by atoms with van der Waals surface area (Å²) in [7, 11) is 0. The monoisotopic (exact) mass is 290 g/mol. The summed E-state index contributed by atoms with van der Waals surface area (Å²) in [6, 6.07) is 7.18. The van der Waals surface area contributed by atoms with E-state index in [9.17, 15) is 4.79 Å². The van der Waals surface area contributed by atoms with Crippen LogP contribution in [0.15, 0.2) is 28.7 Å². The van der Waals surface area contributed by atoms with E-state index in [-0.39, 0.29) is 5.91 Å². The number of likely N-dealkylation sites (tertiary alicyclic amines) is 1. The summed E-state index contributed by atoms with van der Waals surface area (Å²) in [4.78, 5) is 14.4. The van der Waals surface area contributed by atoms with Gasteiger partial charge in [-0.3, -0.25) is 4.79 Å². The molecule has 3 heterocycles. The summed E-state index contributed by atoms with van der Waals surface area (Å²) < 4.78 is 5.65. The fourth-order valence-electron chi connectivity index (χ4n) is 3.30. The number of amides is 1. The molecule has 0 radical (unpaired) electrons. The highest BCUT2D eigenvalue weighted by Crippen LogP contribution is 2.29. The van der Waals surface area contributed by atoms with Gasteiger partial charge in [0.15, 0.2) is 5.76 Å². The van der Waals surface area contributed by atoms with Gasteiger partial charge in [0.1, 0.15) is 5.58 Å². The van der Waals surface area contributed by atoms with E-state index in [0.717, 1.165) is 31.6 Å². The van der Waals surface area contributed by atoms with Gasteiger partial charge < -0.3 is 14.6 Å². The number of rotatable bonds is 1. The topological polar surface area (TPSA) is 45.5 Å². The van der Waals surface area contributed by atoms with Crippen LogP contribution in [0, 0.1) is 11.8 Å². The maximum absolute atomic E-state index is 12.5. The van der Waals surface area contributed by atoms with Crippen LogP contribution in [0.3, 0.4) is 0 Å². The highest BCUT2D eigenvalue weighted by Gasteiger charge is 2.38. The van der Waals surface area contributed by atoms with Crippen molar-refractivity contribution >= 4 is 28.5 Å². The Bertz CT molecular complexity index is 670. The SMILES string of the molecule is O=C(c1cc2cc(Cl)ccc2o1)N1C[C@H]2CNC[C@H]2C1. The summed E-state index contributed by atoms with van der Waals surface area (Å²) in [5.74, 6) is 1.59. The fourth-order valence-corrected chi connectivity index (χ4v) is 3.48. The second kappa shape index (κ2) is 4.50. The second-order valence-electron chi connectivity index (χ2n) is 5.68. The molecule has 0 unspecified atom stereocenters. The largest absolute Gasteiger partial charge is 0.451 e. The van der Waals surface area contributed by atoms with E-state index >= 15 is 0 Å². The molecule has 2 aliphatic rings. The number of benzene rings is 1. The summed E-state index contributed by atoms with van der Waals surface area (Å²) in [6.07, 6.45) is 0. The minimum Gasteiger partial charge on any atom is -0.451 e. The van der Waals surface area contributed by atoms with Gasteiger partial charge in [0.05, 0.1) is 0 Å². The van der Waals surface area contributed by atoms with Gasteiger partial charge in [-0.25, -0.2) is 0 Å². The Hall–Kier alpha value is -1.52. The first kappa shape index (κ1) is 12.2. The van der Waals surface area contributed by atoms with Crippen molar-refractivity contribution in [2.24, 2.45) is 11.8 Å². The molecule has 2 atom stereocenters. The minimum atomic E-state index is -0.00766. The van der Waals surface area contributed by atoms with Gasteiger partial charge in [-0.15, -0.1) is 0 Å². The van der Waals surface area contributed by atoms with Crippen molar-refractivity contribution in [1.82, 2.24) is 10.2 Å². The third-order valence-corrected chi connectivity index (χ3v) is 4.60. The van der Waals surface area contributed by atoms with Crippen LogP contribution in [0.4, 0.5) is 0 Å². The van der Waals surface area contributed by atoms with Gasteiger partial charge in [0.25, 0.3) is 5.91 Å². The van der Waals surface area contributed by atoms with Crippen molar-refractivity contribution in [1.29, 1.82) is 0 Å². The van der Waals surface area contributed by atoms with Crippen molar-refractivity contribution in [3.8, 4) is 0 Å². The molecule has 2 fully saturated rings. The lowest BCUT2D eigenvalue weighted by Gasteiger charge is -2.15. The Morgan fingerprint density at radius 1 is 1.25 bits per heavy atom. The summed E-state index contributed by atoms with van der Waals surface area (Å²) >= 11 is 5.96. The zero-order valence-corrected chi connectivity index (χ0v) is 11.7. The molecular formula is C15H15ClN2O2. The Morgan fingerprint density at radius 2 is 2.00 bits per heavy atom. The number of hydrogen-bond donors (Lipinski definition) is 1. The van der Waals surface area contributed by atoms with Gasteiger partial charge >= 0.3 is 0 Å². The fraction of sp³-hybridized carbons (Fsp3) is 0.400. The number of nitrogens with one attached hydrogen (secondary N) is 1. The van der Waals surface area contributed by atoms with Crippen molar-refractivity contribution in [3.05, 3.63) is 35.0 Å². The number of carbonyl (C=O) groups excluding carboxylic acids is 1. The lowest BCUT2D eigenvalue weighted by atomic mass is 10.0. The molecule has 2 saturated heterocycles. The van der Waals surface area contributed by atoms with Gasteiger partial charge in [0.2, 0.25) is 0 Å². The Morgan fingerprint density at radius 3 is 2.75 bits per heavy atom. The standard InChI is InChI=1S/C15H15ClN2O2/c16-12-1-2-13-9(3-12)4-14(20-13)15(19)18-7-10-5-17-6-11(10)8-18/h1-4,10-11,17H,5-8H2/t10-,11+. The number of fused-ring (bicyclic) bond motifs is 2. The van der Waals surface area contributed by atoms with Gasteiger partial charge in [-0.2, -0.15) is 0 Å². The van der Waals surface area contributed by atoms with Gasteiger partial charge in [-0.05, 0) is 36.1 Å². The third kappa shape index (κ3) is 1.91. The van der Waals surface area contributed by atoms with E-state index < -0.39 is 0 Å². The normalized spacial score (nSPS) is 25.4. The first-order valence-corrected chi connectivity index (χ1v) is 7.27. The van der Waals surface area contributed by atoms with Crippen LogP contribution in [0.2, 0.25) is 5.02 Å². The van der Waals surface area contributed by atoms with E-state index in [1.54, 1.807) is 18.2 Å². The first-order chi connectivity index (χ1) is 9.70. The maximum Gasteiger partial charge on any atom is 0.289 e. The maximum atomic E-state index is 12.5. The molecule has 0 saturated carbocycles. The first-order valence-electron chi connectivity index (χ1n) is 6.90. The van der Waals surface area contributed by atoms with Crippen LogP contribution in [0.5, 0.6) is 0 Å². The molecule has 1 aromatic carbocycles. The molecule has 2 aliphatic heterocycles. The number of halogens is 1. The third-order valence-electron chi connectivity index (χ3n) is 4.37. The zero-order chi connectivity index (χ0) is 13.7. The number of carbonyl (C=O) groups is 1.